The molecule has 1 heterocycles. The molecule has 0 bridgehead atoms. The standard InChI is InChI=1S/C14H13BrClN3/c15-11-6-9(16)7-18-14(11)19-13-10-4-2-1-3-8(10)5-12(13)17/h1-4,6-7,12-13H,5,17H2,(H,18,19). The van der Waals surface area contributed by atoms with Crippen LogP contribution in [0.4, 0.5) is 5.82 Å². The quantitative estimate of drug-likeness (QED) is 0.880. The maximum Gasteiger partial charge on any atom is 0.140 e. The Bertz CT molecular complexity index is 617. The lowest BCUT2D eigenvalue weighted by Crippen LogP contribution is -2.30. The van der Waals surface area contributed by atoms with Gasteiger partial charge in [-0.05, 0) is 39.5 Å². The predicted molar refractivity (Wildman–Crippen MR) is 81.4 cm³/mol. The van der Waals surface area contributed by atoms with Crippen LogP contribution in [0.5, 0.6) is 0 Å². The van der Waals surface area contributed by atoms with Crippen molar-refractivity contribution in [2.45, 2.75) is 18.5 Å². The molecule has 98 valence electrons. The van der Waals surface area contributed by atoms with Crippen molar-refractivity contribution in [3.63, 3.8) is 0 Å². The number of hydrogen-bond donors (Lipinski definition) is 2. The summed E-state index contributed by atoms with van der Waals surface area (Å²) in [5.74, 6) is 0.765. The lowest BCUT2D eigenvalue weighted by Gasteiger charge is -2.20. The molecular formula is C14H13BrClN3. The molecule has 5 heteroatoms. The van der Waals surface area contributed by atoms with Gasteiger partial charge in [0, 0.05) is 12.2 Å². The van der Waals surface area contributed by atoms with E-state index in [2.05, 4.69) is 38.4 Å². The van der Waals surface area contributed by atoms with Crippen LogP contribution in [-0.4, -0.2) is 11.0 Å². The molecule has 0 amide bonds. The Morgan fingerprint density at radius 2 is 2.16 bits per heavy atom. The molecule has 0 spiro atoms. The van der Waals surface area contributed by atoms with Crippen molar-refractivity contribution >= 4 is 33.3 Å². The van der Waals surface area contributed by atoms with Gasteiger partial charge < -0.3 is 11.1 Å². The molecule has 1 aliphatic rings. The monoisotopic (exact) mass is 337 g/mol. The van der Waals surface area contributed by atoms with Crippen LogP contribution < -0.4 is 11.1 Å². The van der Waals surface area contributed by atoms with Crippen LogP contribution in [0.3, 0.4) is 0 Å². The van der Waals surface area contributed by atoms with Crippen LogP contribution in [0.2, 0.25) is 5.02 Å². The van der Waals surface area contributed by atoms with Gasteiger partial charge in [0.15, 0.2) is 0 Å². The van der Waals surface area contributed by atoms with Gasteiger partial charge in [0.1, 0.15) is 5.82 Å². The highest BCUT2D eigenvalue weighted by molar-refractivity contribution is 9.10. The summed E-state index contributed by atoms with van der Waals surface area (Å²) in [5, 5.41) is 4.01. The molecule has 2 unspecified atom stereocenters. The highest BCUT2D eigenvalue weighted by Crippen LogP contribution is 2.34. The zero-order valence-corrected chi connectivity index (χ0v) is 12.4. The number of nitrogens with one attached hydrogen (secondary N) is 1. The van der Waals surface area contributed by atoms with E-state index < -0.39 is 0 Å². The highest BCUT2D eigenvalue weighted by atomic mass is 79.9. The van der Waals surface area contributed by atoms with E-state index in [1.165, 1.54) is 11.1 Å². The average Bonchev–Trinajstić information content (AvgIpc) is 2.69. The van der Waals surface area contributed by atoms with E-state index >= 15 is 0 Å². The van der Waals surface area contributed by atoms with Crippen LogP contribution in [0.25, 0.3) is 0 Å². The third-order valence-electron chi connectivity index (χ3n) is 3.37. The second-order valence-corrected chi connectivity index (χ2v) is 5.96. The smallest absolute Gasteiger partial charge is 0.140 e. The number of hydrogen-bond acceptors (Lipinski definition) is 3. The Kier molecular flexibility index (Phi) is 3.48. The largest absolute Gasteiger partial charge is 0.361 e. The molecule has 2 aromatic rings. The van der Waals surface area contributed by atoms with Crippen LogP contribution in [0.15, 0.2) is 41.0 Å². The molecule has 3 nitrogen and oxygen atoms in total. The molecule has 0 aliphatic heterocycles. The highest BCUT2D eigenvalue weighted by Gasteiger charge is 2.29. The molecular weight excluding hydrogens is 326 g/mol. The molecule has 3 N–H and O–H groups in total. The van der Waals surface area contributed by atoms with E-state index in [-0.39, 0.29) is 12.1 Å². The van der Waals surface area contributed by atoms with Crippen molar-refractivity contribution in [3.05, 3.63) is 57.2 Å². The molecule has 0 saturated carbocycles. The second kappa shape index (κ2) is 5.12. The van der Waals surface area contributed by atoms with Crippen molar-refractivity contribution in [2.75, 3.05) is 5.32 Å². The fourth-order valence-electron chi connectivity index (χ4n) is 2.48. The van der Waals surface area contributed by atoms with E-state index in [0.29, 0.717) is 5.02 Å². The van der Waals surface area contributed by atoms with E-state index in [9.17, 15) is 0 Å². The Morgan fingerprint density at radius 3 is 2.95 bits per heavy atom. The number of anilines is 1. The van der Waals surface area contributed by atoms with Crippen LogP contribution in [-0.2, 0) is 6.42 Å². The lowest BCUT2D eigenvalue weighted by atomic mass is 10.1. The van der Waals surface area contributed by atoms with Crippen molar-refractivity contribution in [1.29, 1.82) is 0 Å². The van der Waals surface area contributed by atoms with Crippen molar-refractivity contribution in [2.24, 2.45) is 5.73 Å². The Hall–Kier alpha value is -1.10. The summed E-state index contributed by atoms with van der Waals surface area (Å²) in [4.78, 5) is 4.30. The van der Waals surface area contributed by atoms with Crippen molar-refractivity contribution < 1.29 is 0 Å². The van der Waals surface area contributed by atoms with Crippen LogP contribution in [0.1, 0.15) is 17.2 Å². The number of pyridine rings is 1. The van der Waals surface area contributed by atoms with Gasteiger partial charge in [0.25, 0.3) is 0 Å². The zero-order chi connectivity index (χ0) is 13.4. The summed E-state index contributed by atoms with van der Waals surface area (Å²) in [6.07, 6.45) is 2.51. The Balaban J connectivity index is 1.91. The molecule has 0 saturated heterocycles. The van der Waals surface area contributed by atoms with Gasteiger partial charge in [0.2, 0.25) is 0 Å². The molecule has 1 aliphatic carbocycles. The lowest BCUT2D eigenvalue weighted by molar-refractivity contribution is 0.623. The van der Waals surface area contributed by atoms with Gasteiger partial charge in [-0.1, -0.05) is 35.9 Å². The maximum atomic E-state index is 6.23. The fraction of sp³-hybridized carbons (Fsp3) is 0.214. The van der Waals surface area contributed by atoms with Crippen molar-refractivity contribution in [1.82, 2.24) is 4.98 Å². The number of halogens is 2. The summed E-state index contributed by atoms with van der Waals surface area (Å²) in [6.45, 7) is 0. The van der Waals surface area contributed by atoms with E-state index in [1.54, 1.807) is 6.20 Å². The third-order valence-corrected chi connectivity index (χ3v) is 4.19. The number of aromatic nitrogens is 1. The minimum Gasteiger partial charge on any atom is -0.361 e. The number of fused-ring (bicyclic) bond motifs is 1. The number of benzene rings is 1. The minimum absolute atomic E-state index is 0.0572. The summed E-state index contributed by atoms with van der Waals surface area (Å²) in [7, 11) is 0. The van der Waals surface area contributed by atoms with Gasteiger partial charge in [-0.3, -0.25) is 0 Å². The van der Waals surface area contributed by atoms with Gasteiger partial charge in [-0.15, -0.1) is 0 Å². The third kappa shape index (κ3) is 2.48. The van der Waals surface area contributed by atoms with E-state index in [0.717, 1.165) is 16.7 Å². The molecule has 1 aromatic carbocycles. The zero-order valence-electron chi connectivity index (χ0n) is 10.1. The van der Waals surface area contributed by atoms with Gasteiger partial charge in [0.05, 0.1) is 15.5 Å². The summed E-state index contributed by atoms with van der Waals surface area (Å²) < 4.78 is 0.844. The van der Waals surface area contributed by atoms with Gasteiger partial charge in [-0.25, -0.2) is 4.98 Å². The minimum atomic E-state index is 0.0572. The average molecular weight is 339 g/mol. The number of nitrogens with zero attached hydrogens (tertiary/aromatic N) is 1. The predicted octanol–water partition coefficient (Wildman–Crippen LogP) is 3.53. The SMILES string of the molecule is NC1Cc2ccccc2C1Nc1ncc(Cl)cc1Br. The molecule has 3 rings (SSSR count). The molecule has 0 radical (unpaired) electrons. The fourth-order valence-corrected chi connectivity index (χ4v) is 3.23. The first-order chi connectivity index (χ1) is 9.15. The normalized spacial score (nSPS) is 21.2. The summed E-state index contributed by atoms with van der Waals surface area (Å²) >= 11 is 9.36. The summed E-state index contributed by atoms with van der Waals surface area (Å²) in [6, 6.07) is 10.3. The molecule has 2 atom stereocenters. The van der Waals surface area contributed by atoms with Crippen LogP contribution in [0, 0.1) is 0 Å². The first-order valence-corrected chi connectivity index (χ1v) is 7.23. The topological polar surface area (TPSA) is 50.9 Å². The first-order valence-electron chi connectivity index (χ1n) is 6.06. The second-order valence-electron chi connectivity index (χ2n) is 4.67. The Labute approximate surface area is 125 Å². The molecule has 19 heavy (non-hydrogen) atoms. The van der Waals surface area contributed by atoms with Crippen LogP contribution >= 0.6 is 27.5 Å². The molecule has 1 aromatic heterocycles. The Morgan fingerprint density at radius 1 is 1.37 bits per heavy atom. The maximum absolute atomic E-state index is 6.23. The van der Waals surface area contributed by atoms with Gasteiger partial charge >= 0.3 is 0 Å². The number of rotatable bonds is 2. The summed E-state index contributed by atoms with van der Waals surface area (Å²) in [5.41, 5.74) is 8.78. The van der Waals surface area contributed by atoms with Crippen molar-refractivity contribution in [3.8, 4) is 0 Å². The molecule has 0 fully saturated rings. The van der Waals surface area contributed by atoms with Gasteiger partial charge in [-0.2, -0.15) is 0 Å². The van der Waals surface area contributed by atoms with E-state index in [1.807, 2.05) is 18.2 Å². The number of nitrogens with two attached hydrogens (primary N) is 1. The first kappa shape index (κ1) is 12.9. The van der Waals surface area contributed by atoms with E-state index in [4.69, 9.17) is 17.3 Å².